The summed E-state index contributed by atoms with van der Waals surface area (Å²) < 4.78 is 5.89. The number of methoxy groups -OCH3 is 1. The van der Waals surface area contributed by atoms with Gasteiger partial charge < -0.3 is 9.84 Å². The Balaban J connectivity index is 1.55. The first kappa shape index (κ1) is 19.5. The number of nitrogens with zero attached hydrogens (tertiary/aromatic N) is 1. The Hall–Kier alpha value is -1.45. The van der Waals surface area contributed by atoms with E-state index in [-0.39, 0.29) is 16.9 Å². The van der Waals surface area contributed by atoms with Crippen LogP contribution in [-0.4, -0.2) is 29.9 Å². The summed E-state index contributed by atoms with van der Waals surface area (Å²) in [6, 6.07) is 4.28. The van der Waals surface area contributed by atoms with Crippen LogP contribution >= 0.6 is 0 Å². The van der Waals surface area contributed by atoms with Gasteiger partial charge in [-0.05, 0) is 84.8 Å². The molecule has 0 saturated heterocycles. The quantitative estimate of drug-likeness (QED) is 0.711. The van der Waals surface area contributed by atoms with Crippen LogP contribution < -0.4 is 0 Å². The van der Waals surface area contributed by atoms with E-state index >= 15 is 0 Å². The predicted octanol–water partition coefficient (Wildman–Crippen LogP) is 5.27. The lowest BCUT2D eigenvalue weighted by Gasteiger charge is -2.60. The van der Waals surface area contributed by atoms with E-state index in [0.717, 1.165) is 38.2 Å². The second-order valence-electron chi connectivity index (χ2n) is 10.4. The molecule has 3 heteroatoms. The van der Waals surface area contributed by atoms with Crippen LogP contribution in [0.3, 0.4) is 0 Å². The minimum absolute atomic E-state index is 0.114. The maximum Gasteiger partial charge on any atom is 0.0577 e. The van der Waals surface area contributed by atoms with Crippen molar-refractivity contribution in [1.29, 1.82) is 0 Å². The Morgan fingerprint density at radius 2 is 2.10 bits per heavy atom. The molecule has 2 fully saturated rings. The lowest BCUT2D eigenvalue weighted by molar-refractivity contribution is -0.0681. The van der Waals surface area contributed by atoms with Crippen molar-refractivity contribution in [2.45, 2.75) is 58.5 Å². The zero-order valence-corrected chi connectivity index (χ0v) is 18.1. The minimum Gasteiger partial charge on any atom is -0.393 e. The fraction of sp³-hybridized carbons (Fsp3) is 0.654. The van der Waals surface area contributed by atoms with E-state index in [1.807, 2.05) is 19.5 Å². The molecule has 1 aromatic heterocycles. The van der Waals surface area contributed by atoms with E-state index in [9.17, 15) is 5.11 Å². The molecule has 2 unspecified atom stereocenters. The zero-order valence-electron chi connectivity index (χ0n) is 18.1. The van der Waals surface area contributed by atoms with Crippen molar-refractivity contribution in [2.24, 2.45) is 34.5 Å². The van der Waals surface area contributed by atoms with E-state index in [0.29, 0.717) is 17.8 Å². The molecule has 0 aromatic carbocycles. The summed E-state index contributed by atoms with van der Waals surface area (Å²) in [5, 5.41) is 10.3. The molecule has 0 radical (unpaired) electrons. The van der Waals surface area contributed by atoms with Gasteiger partial charge in [-0.25, -0.2) is 0 Å². The third kappa shape index (κ3) is 2.80. The number of rotatable bonds is 3. The predicted molar refractivity (Wildman–Crippen MR) is 116 cm³/mol. The van der Waals surface area contributed by atoms with Crippen LogP contribution in [0.25, 0.3) is 5.57 Å². The number of pyridine rings is 1. The van der Waals surface area contributed by atoms with Crippen molar-refractivity contribution >= 4 is 5.57 Å². The SMILES string of the molecule is COC[C@]12CC[C@@H]3[C@@H](C(C)C=C4CC(O)CC[C@@]43C)[C@@H]1CC=C2c1cccnc1. The molecule has 0 aliphatic heterocycles. The Bertz CT molecular complexity index is 830. The monoisotopic (exact) mass is 393 g/mol. The van der Waals surface area contributed by atoms with Crippen LogP contribution in [-0.2, 0) is 4.74 Å². The van der Waals surface area contributed by atoms with Gasteiger partial charge in [0.1, 0.15) is 0 Å². The molecule has 4 aliphatic rings. The molecule has 7 atom stereocenters. The highest BCUT2D eigenvalue weighted by molar-refractivity contribution is 5.73. The number of ether oxygens (including phenoxy) is 1. The smallest absolute Gasteiger partial charge is 0.0577 e. The summed E-state index contributed by atoms with van der Waals surface area (Å²) in [6.45, 7) is 5.73. The van der Waals surface area contributed by atoms with Crippen molar-refractivity contribution in [3.8, 4) is 0 Å². The maximum atomic E-state index is 10.3. The summed E-state index contributed by atoms with van der Waals surface area (Å²) in [7, 11) is 1.86. The number of fused-ring (bicyclic) bond motifs is 5. The minimum atomic E-state index is -0.139. The summed E-state index contributed by atoms with van der Waals surface area (Å²) >= 11 is 0. The molecular formula is C26H35NO2. The van der Waals surface area contributed by atoms with Gasteiger partial charge in [0.15, 0.2) is 0 Å². The number of hydrogen-bond acceptors (Lipinski definition) is 3. The molecule has 0 amide bonds. The normalized spacial score (nSPS) is 43.7. The van der Waals surface area contributed by atoms with E-state index in [1.165, 1.54) is 24.0 Å². The highest BCUT2D eigenvalue weighted by Crippen LogP contribution is 2.67. The molecule has 4 aliphatic carbocycles. The second-order valence-corrected chi connectivity index (χ2v) is 10.4. The van der Waals surface area contributed by atoms with E-state index < -0.39 is 0 Å². The number of hydrogen-bond donors (Lipinski definition) is 1. The molecule has 29 heavy (non-hydrogen) atoms. The lowest BCUT2D eigenvalue weighted by Crippen LogP contribution is -2.53. The highest BCUT2D eigenvalue weighted by Gasteiger charge is 2.60. The van der Waals surface area contributed by atoms with Gasteiger partial charge in [0.05, 0.1) is 12.7 Å². The van der Waals surface area contributed by atoms with Crippen molar-refractivity contribution in [3.63, 3.8) is 0 Å². The zero-order chi connectivity index (χ0) is 20.2. The first-order chi connectivity index (χ1) is 14.0. The van der Waals surface area contributed by atoms with E-state index in [2.05, 4.69) is 43.1 Å². The first-order valence-electron chi connectivity index (χ1n) is 11.5. The molecule has 2 saturated carbocycles. The molecule has 0 spiro atoms. The number of aromatic nitrogens is 1. The van der Waals surface area contributed by atoms with Gasteiger partial charge in [0.25, 0.3) is 0 Å². The molecule has 5 rings (SSSR count). The van der Waals surface area contributed by atoms with Gasteiger partial charge in [-0.3, -0.25) is 4.98 Å². The first-order valence-corrected chi connectivity index (χ1v) is 11.5. The van der Waals surface area contributed by atoms with Crippen LogP contribution in [0.2, 0.25) is 0 Å². The molecule has 1 aromatic rings. The number of aliphatic hydroxyl groups excluding tert-OH is 1. The van der Waals surface area contributed by atoms with E-state index in [4.69, 9.17) is 4.74 Å². The highest BCUT2D eigenvalue weighted by atomic mass is 16.5. The van der Waals surface area contributed by atoms with Gasteiger partial charge in [-0.15, -0.1) is 0 Å². The Labute approximate surface area is 175 Å². The summed E-state index contributed by atoms with van der Waals surface area (Å²) in [5.41, 5.74) is 4.68. The van der Waals surface area contributed by atoms with Crippen LogP contribution in [0.5, 0.6) is 0 Å². The summed E-state index contributed by atoms with van der Waals surface area (Å²) in [5.74, 6) is 2.61. The fourth-order valence-electron chi connectivity index (χ4n) is 7.85. The molecule has 0 bridgehead atoms. The number of aliphatic hydroxyl groups is 1. The van der Waals surface area contributed by atoms with Crippen LogP contribution in [0.15, 0.2) is 42.3 Å². The van der Waals surface area contributed by atoms with Gasteiger partial charge in [-0.1, -0.05) is 37.6 Å². The van der Waals surface area contributed by atoms with Gasteiger partial charge in [0, 0.05) is 24.9 Å². The second kappa shape index (κ2) is 7.06. The molecule has 3 nitrogen and oxygen atoms in total. The number of allylic oxidation sites excluding steroid dienone is 2. The van der Waals surface area contributed by atoms with Gasteiger partial charge >= 0.3 is 0 Å². The average molecular weight is 394 g/mol. The van der Waals surface area contributed by atoms with Crippen molar-refractivity contribution in [1.82, 2.24) is 4.98 Å². The van der Waals surface area contributed by atoms with Crippen LogP contribution in [0.1, 0.15) is 57.9 Å². The molecule has 1 N–H and O–H groups in total. The topological polar surface area (TPSA) is 42.4 Å². The van der Waals surface area contributed by atoms with Crippen LogP contribution in [0.4, 0.5) is 0 Å². The van der Waals surface area contributed by atoms with Crippen molar-refractivity contribution in [3.05, 3.63) is 47.8 Å². The Morgan fingerprint density at radius 3 is 2.86 bits per heavy atom. The van der Waals surface area contributed by atoms with E-state index in [1.54, 1.807) is 5.57 Å². The largest absolute Gasteiger partial charge is 0.393 e. The Kier molecular flexibility index (Phi) is 4.75. The molecular weight excluding hydrogens is 358 g/mol. The Morgan fingerprint density at radius 1 is 1.24 bits per heavy atom. The third-order valence-corrected chi connectivity index (χ3v) is 9.10. The van der Waals surface area contributed by atoms with Gasteiger partial charge in [0.2, 0.25) is 0 Å². The van der Waals surface area contributed by atoms with Crippen LogP contribution in [0, 0.1) is 34.5 Å². The summed E-state index contributed by atoms with van der Waals surface area (Å²) in [6.07, 6.45) is 15.4. The van der Waals surface area contributed by atoms with Gasteiger partial charge in [-0.2, -0.15) is 0 Å². The lowest BCUT2D eigenvalue weighted by atomic mass is 9.45. The standard InChI is InChI=1S/C26H35NO2/c1-17-13-19-14-20(28)8-10-25(19,2)22-9-11-26(16-29-3)21(6-7-23(26)24(17)22)18-5-4-12-27-15-18/h4-6,12-13,15,17,20,22-24,28H,7-11,14,16H2,1-3H3/t17?,20?,22-,23+,24-,25+,26+/m1/s1. The fourth-order valence-corrected chi connectivity index (χ4v) is 7.85. The van der Waals surface area contributed by atoms with Crippen molar-refractivity contribution < 1.29 is 9.84 Å². The average Bonchev–Trinajstić information content (AvgIpc) is 3.09. The van der Waals surface area contributed by atoms with Crippen molar-refractivity contribution in [2.75, 3.05) is 13.7 Å². The summed E-state index contributed by atoms with van der Waals surface area (Å²) in [4.78, 5) is 4.41. The molecule has 1 heterocycles. The molecule has 156 valence electrons. The maximum absolute atomic E-state index is 10.3. The third-order valence-electron chi connectivity index (χ3n) is 9.10.